The quantitative estimate of drug-likeness (QED) is 0.388. The summed E-state index contributed by atoms with van der Waals surface area (Å²) in [7, 11) is 0. The molecule has 0 spiro atoms. The molecule has 0 bridgehead atoms. The molecule has 1 aromatic carbocycles. The van der Waals surface area contributed by atoms with Gasteiger partial charge in [0, 0.05) is 13.0 Å². The number of benzene rings is 1. The molecule has 0 fully saturated rings. The molecule has 1 aliphatic heterocycles. The molecule has 10 heteroatoms. The summed E-state index contributed by atoms with van der Waals surface area (Å²) in [6.07, 6.45) is -0.993. The fraction of sp³-hybridized carbons (Fsp3) is 0.429. The summed E-state index contributed by atoms with van der Waals surface area (Å²) in [5, 5.41) is 0.739. The molecule has 1 aromatic heterocycles. The molecule has 24 heavy (non-hydrogen) atoms. The molecule has 0 saturated carbocycles. The van der Waals surface area contributed by atoms with E-state index in [1.54, 1.807) is 11.2 Å². The van der Waals surface area contributed by atoms with Crippen molar-refractivity contribution in [1.29, 1.82) is 0 Å². The van der Waals surface area contributed by atoms with Gasteiger partial charge in [0.1, 0.15) is 23.0 Å². The van der Waals surface area contributed by atoms with E-state index in [1.165, 1.54) is 11.8 Å². The van der Waals surface area contributed by atoms with E-state index in [4.69, 9.17) is 16.3 Å². The third-order valence-corrected chi connectivity index (χ3v) is 5.48. The van der Waals surface area contributed by atoms with Crippen LogP contribution in [0, 0.1) is 5.82 Å². The van der Waals surface area contributed by atoms with Crippen molar-refractivity contribution < 1.29 is 17.9 Å². The Labute approximate surface area is 153 Å². The minimum absolute atomic E-state index is 0.0552. The predicted octanol–water partition coefficient (Wildman–Crippen LogP) is 4.76. The first-order chi connectivity index (χ1) is 11.4. The molecule has 1 aliphatic rings. The van der Waals surface area contributed by atoms with Crippen LogP contribution in [0.4, 0.5) is 19.0 Å². The summed E-state index contributed by atoms with van der Waals surface area (Å²) in [4.78, 5) is 10.3. The zero-order valence-corrected chi connectivity index (χ0v) is 15.6. The van der Waals surface area contributed by atoms with E-state index in [9.17, 15) is 13.2 Å². The zero-order valence-electron chi connectivity index (χ0n) is 12.5. The van der Waals surface area contributed by atoms with Crippen LogP contribution in [0.25, 0.3) is 10.9 Å². The zero-order chi connectivity index (χ0) is 17.4. The molecule has 0 saturated heterocycles. The molecular formula is C14H12BrClF3N3OS. The minimum Gasteiger partial charge on any atom is -0.489 e. The minimum atomic E-state index is -2.43. The van der Waals surface area contributed by atoms with Gasteiger partial charge in [0.05, 0.1) is 16.4 Å². The molecule has 2 aromatic rings. The van der Waals surface area contributed by atoms with Gasteiger partial charge in [-0.2, -0.15) is 0 Å². The molecule has 130 valence electrons. The summed E-state index contributed by atoms with van der Waals surface area (Å²) < 4.78 is 45.6. The maximum absolute atomic E-state index is 14.6. The maximum Gasteiger partial charge on any atom is 0.240 e. The summed E-state index contributed by atoms with van der Waals surface area (Å²) >= 11 is 10.5. The highest BCUT2D eigenvalue weighted by molar-refractivity contribution is 9.10. The average molecular weight is 443 g/mol. The van der Waals surface area contributed by atoms with Gasteiger partial charge >= 0.3 is 0 Å². The fourth-order valence-corrected chi connectivity index (χ4v) is 3.46. The van der Waals surface area contributed by atoms with Crippen molar-refractivity contribution in [2.75, 3.05) is 30.9 Å². The normalized spacial score (nSPS) is 14.2. The van der Waals surface area contributed by atoms with Crippen LogP contribution < -0.4 is 9.64 Å². The van der Waals surface area contributed by atoms with Crippen LogP contribution >= 0.6 is 39.3 Å². The Bertz CT molecular complexity index is 796. The van der Waals surface area contributed by atoms with Gasteiger partial charge in [-0.3, -0.25) is 0 Å². The van der Waals surface area contributed by atoms with Crippen LogP contribution in [0.15, 0.2) is 9.63 Å². The molecule has 3 rings (SSSR count). The Kier molecular flexibility index (Phi) is 5.31. The Morgan fingerprint density at radius 3 is 2.83 bits per heavy atom. The van der Waals surface area contributed by atoms with E-state index >= 15 is 0 Å². The maximum atomic E-state index is 14.6. The number of thioether (sulfide) groups is 1. The van der Waals surface area contributed by atoms with Crippen molar-refractivity contribution in [2.45, 2.75) is 18.0 Å². The monoisotopic (exact) mass is 441 g/mol. The Morgan fingerprint density at radius 1 is 1.42 bits per heavy atom. The number of anilines is 1. The molecule has 0 N–H and O–H groups in total. The molecule has 0 unspecified atom stereocenters. The SMILES string of the molecule is CSc1nc2c3c(c(Cl)c(Br)c(F)c3n1)OCCN2CCC(F)F. The van der Waals surface area contributed by atoms with Gasteiger partial charge in [0.15, 0.2) is 16.7 Å². The number of halogens is 5. The van der Waals surface area contributed by atoms with E-state index in [0.717, 1.165) is 0 Å². The predicted molar refractivity (Wildman–Crippen MR) is 92.3 cm³/mol. The smallest absolute Gasteiger partial charge is 0.240 e. The first-order valence-corrected chi connectivity index (χ1v) is 9.41. The number of rotatable bonds is 4. The third kappa shape index (κ3) is 3.13. The summed E-state index contributed by atoms with van der Waals surface area (Å²) in [5.41, 5.74) is 0.0552. The summed E-state index contributed by atoms with van der Waals surface area (Å²) in [5.74, 6) is 0.00458. The lowest BCUT2D eigenvalue weighted by Crippen LogP contribution is -2.30. The molecule has 0 amide bonds. The first-order valence-electron chi connectivity index (χ1n) is 7.02. The topological polar surface area (TPSA) is 38.3 Å². The Morgan fingerprint density at radius 2 is 2.17 bits per heavy atom. The van der Waals surface area contributed by atoms with E-state index in [2.05, 4.69) is 25.9 Å². The van der Waals surface area contributed by atoms with Gasteiger partial charge < -0.3 is 9.64 Å². The van der Waals surface area contributed by atoms with Crippen LogP contribution in [-0.4, -0.2) is 42.3 Å². The Hall–Kier alpha value is -0.930. The highest BCUT2D eigenvalue weighted by atomic mass is 79.9. The lowest BCUT2D eigenvalue weighted by Gasteiger charge is -2.22. The van der Waals surface area contributed by atoms with E-state index in [-0.39, 0.29) is 40.3 Å². The van der Waals surface area contributed by atoms with Crippen LogP contribution in [0.5, 0.6) is 5.75 Å². The molecule has 0 radical (unpaired) electrons. The number of aromatic nitrogens is 2. The number of ether oxygens (including phenoxy) is 1. The summed E-state index contributed by atoms with van der Waals surface area (Å²) in [6.45, 7) is 0.647. The van der Waals surface area contributed by atoms with Gasteiger partial charge in [0.2, 0.25) is 6.43 Å². The van der Waals surface area contributed by atoms with Gasteiger partial charge in [-0.25, -0.2) is 23.1 Å². The second-order valence-electron chi connectivity index (χ2n) is 5.04. The average Bonchev–Trinajstić information content (AvgIpc) is 2.75. The number of nitrogens with zero attached hydrogens (tertiary/aromatic N) is 3. The van der Waals surface area contributed by atoms with Gasteiger partial charge in [-0.1, -0.05) is 23.4 Å². The number of hydrogen-bond acceptors (Lipinski definition) is 5. The third-order valence-electron chi connectivity index (χ3n) is 3.60. The van der Waals surface area contributed by atoms with Gasteiger partial charge in [-0.05, 0) is 22.2 Å². The lowest BCUT2D eigenvalue weighted by molar-refractivity contribution is 0.139. The molecule has 2 heterocycles. The van der Waals surface area contributed by atoms with E-state index in [1.807, 2.05) is 0 Å². The number of alkyl halides is 2. The van der Waals surface area contributed by atoms with Gasteiger partial charge in [0.25, 0.3) is 0 Å². The molecule has 0 aliphatic carbocycles. The van der Waals surface area contributed by atoms with Crippen molar-refractivity contribution in [2.24, 2.45) is 0 Å². The van der Waals surface area contributed by atoms with E-state index in [0.29, 0.717) is 22.9 Å². The standard InChI is InChI=1S/C14H12BrClF3N3OS/c1-24-14-20-11-7-12(9(16)8(15)10(11)19)23-5-4-22(13(7)21-14)3-2-6(17)18/h6H,2-5H2,1H3. The molecule has 0 atom stereocenters. The van der Waals surface area contributed by atoms with Crippen LogP contribution in [0.3, 0.4) is 0 Å². The fourth-order valence-electron chi connectivity index (χ4n) is 2.50. The largest absolute Gasteiger partial charge is 0.489 e. The van der Waals surface area contributed by atoms with Crippen LogP contribution in [0.2, 0.25) is 5.02 Å². The van der Waals surface area contributed by atoms with Crippen LogP contribution in [0.1, 0.15) is 6.42 Å². The van der Waals surface area contributed by atoms with Crippen molar-refractivity contribution in [3.8, 4) is 5.75 Å². The second kappa shape index (κ2) is 7.13. The number of hydrogen-bond donors (Lipinski definition) is 0. The summed E-state index contributed by atoms with van der Waals surface area (Å²) in [6, 6.07) is 0. The second-order valence-corrected chi connectivity index (χ2v) is 6.99. The molecule has 4 nitrogen and oxygen atoms in total. The van der Waals surface area contributed by atoms with Crippen LogP contribution in [-0.2, 0) is 0 Å². The Balaban J connectivity index is 2.27. The van der Waals surface area contributed by atoms with Crippen molar-refractivity contribution in [1.82, 2.24) is 9.97 Å². The highest BCUT2D eigenvalue weighted by Crippen LogP contribution is 2.45. The van der Waals surface area contributed by atoms with Gasteiger partial charge in [-0.15, -0.1) is 0 Å². The lowest BCUT2D eigenvalue weighted by atomic mass is 10.2. The van der Waals surface area contributed by atoms with Crippen molar-refractivity contribution in [3.05, 3.63) is 15.3 Å². The van der Waals surface area contributed by atoms with Crippen molar-refractivity contribution >= 4 is 56.0 Å². The molecular weight excluding hydrogens is 431 g/mol. The van der Waals surface area contributed by atoms with E-state index < -0.39 is 12.2 Å². The highest BCUT2D eigenvalue weighted by Gasteiger charge is 2.28. The van der Waals surface area contributed by atoms with Crippen molar-refractivity contribution in [3.63, 3.8) is 0 Å². The first kappa shape index (κ1) is 17.9.